The topological polar surface area (TPSA) is 55.2 Å². The molecule has 136 valence electrons. The lowest BCUT2D eigenvalue weighted by Crippen LogP contribution is -2.44. The summed E-state index contributed by atoms with van der Waals surface area (Å²) in [6.45, 7) is 7.32. The molecule has 0 amide bonds. The minimum absolute atomic E-state index is 0.278. The monoisotopic (exact) mass is 343 g/mol. The first-order valence-corrected chi connectivity index (χ1v) is 9.27. The summed E-state index contributed by atoms with van der Waals surface area (Å²) >= 11 is 0. The number of aryl methyl sites for hydroxylation is 1. The molecule has 0 spiro atoms. The molecule has 0 unspecified atom stereocenters. The van der Waals surface area contributed by atoms with Crippen LogP contribution in [-0.4, -0.2) is 41.0 Å². The molecule has 0 aliphatic carbocycles. The van der Waals surface area contributed by atoms with Crippen LogP contribution in [0, 0.1) is 0 Å². The van der Waals surface area contributed by atoms with E-state index in [9.17, 15) is 0 Å². The number of rotatable bonds is 7. The van der Waals surface area contributed by atoms with Crippen LogP contribution in [0.15, 0.2) is 30.6 Å². The fraction of sp³-hybridized carbons (Fsp3) is 0.579. The molecule has 25 heavy (non-hydrogen) atoms. The minimum atomic E-state index is 0.278. The van der Waals surface area contributed by atoms with Gasteiger partial charge in [-0.3, -0.25) is 0 Å². The van der Waals surface area contributed by atoms with E-state index in [1.54, 1.807) is 13.4 Å². The fourth-order valence-corrected chi connectivity index (χ4v) is 3.54. The molecule has 1 aliphatic heterocycles. The molecule has 1 aromatic carbocycles. The maximum absolute atomic E-state index is 5.24. The van der Waals surface area contributed by atoms with E-state index >= 15 is 0 Å². The van der Waals surface area contributed by atoms with Crippen molar-refractivity contribution in [2.24, 2.45) is 0 Å². The Morgan fingerprint density at radius 1 is 1.20 bits per heavy atom. The SMILES string of the molecule is CC[C@@H](NC1CCN(c2ccc(OC)cc2)CC1)c1ncnn1CC. The number of nitrogens with zero attached hydrogens (tertiary/aromatic N) is 4. The Morgan fingerprint density at radius 2 is 1.92 bits per heavy atom. The number of hydrogen-bond acceptors (Lipinski definition) is 5. The summed E-state index contributed by atoms with van der Waals surface area (Å²) in [6.07, 6.45) is 4.97. The van der Waals surface area contributed by atoms with Crippen LogP contribution < -0.4 is 15.0 Å². The van der Waals surface area contributed by atoms with Crippen molar-refractivity contribution in [3.05, 3.63) is 36.4 Å². The number of aromatic nitrogens is 3. The highest BCUT2D eigenvalue weighted by atomic mass is 16.5. The van der Waals surface area contributed by atoms with E-state index in [4.69, 9.17) is 4.74 Å². The van der Waals surface area contributed by atoms with Gasteiger partial charge in [0.25, 0.3) is 0 Å². The largest absolute Gasteiger partial charge is 0.497 e. The van der Waals surface area contributed by atoms with Crippen LogP contribution in [-0.2, 0) is 6.54 Å². The predicted octanol–water partition coefficient (Wildman–Crippen LogP) is 3.02. The Hall–Kier alpha value is -2.08. The molecule has 1 aromatic heterocycles. The molecule has 0 radical (unpaired) electrons. The molecule has 0 saturated carbocycles. The molecule has 2 heterocycles. The summed E-state index contributed by atoms with van der Waals surface area (Å²) < 4.78 is 7.24. The standard InChI is InChI=1S/C19H29N5O/c1-4-18(19-20-14-21-24(19)5-2)22-15-10-12-23(13-11-15)16-6-8-17(25-3)9-7-16/h6-9,14-15,18,22H,4-5,10-13H2,1-3H3/t18-/m1/s1. The van der Waals surface area contributed by atoms with Gasteiger partial charge in [-0.1, -0.05) is 6.92 Å². The maximum atomic E-state index is 5.24. The quantitative estimate of drug-likeness (QED) is 0.837. The smallest absolute Gasteiger partial charge is 0.143 e. The summed E-state index contributed by atoms with van der Waals surface area (Å²) in [4.78, 5) is 6.92. The second kappa shape index (κ2) is 8.34. The summed E-state index contributed by atoms with van der Waals surface area (Å²) in [5.41, 5.74) is 1.28. The van der Waals surface area contributed by atoms with Gasteiger partial charge in [-0.05, 0) is 50.5 Å². The lowest BCUT2D eigenvalue weighted by molar-refractivity contribution is 0.347. The molecule has 0 bridgehead atoms. The summed E-state index contributed by atoms with van der Waals surface area (Å²) in [6, 6.07) is 9.16. The van der Waals surface area contributed by atoms with Crippen LogP contribution in [0.1, 0.15) is 45.0 Å². The zero-order valence-electron chi connectivity index (χ0n) is 15.5. The molecular formula is C19H29N5O. The van der Waals surface area contributed by atoms with Gasteiger partial charge in [0.15, 0.2) is 0 Å². The van der Waals surface area contributed by atoms with Gasteiger partial charge in [0.1, 0.15) is 17.9 Å². The van der Waals surface area contributed by atoms with Gasteiger partial charge in [0.05, 0.1) is 13.2 Å². The highest BCUT2D eigenvalue weighted by Gasteiger charge is 2.24. The van der Waals surface area contributed by atoms with E-state index in [2.05, 4.69) is 46.3 Å². The maximum Gasteiger partial charge on any atom is 0.143 e. The first-order valence-electron chi connectivity index (χ1n) is 9.27. The van der Waals surface area contributed by atoms with E-state index in [0.717, 1.165) is 50.5 Å². The van der Waals surface area contributed by atoms with Crippen molar-refractivity contribution in [1.29, 1.82) is 0 Å². The first kappa shape index (κ1) is 17.7. The summed E-state index contributed by atoms with van der Waals surface area (Å²) in [5, 5.41) is 8.11. The van der Waals surface area contributed by atoms with Crippen LogP contribution in [0.4, 0.5) is 5.69 Å². The molecule has 1 fully saturated rings. The van der Waals surface area contributed by atoms with Crippen molar-refractivity contribution in [2.45, 2.75) is 51.7 Å². The summed E-state index contributed by atoms with van der Waals surface area (Å²) in [5.74, 6) is 1.97. The van der Waals surface area contributed by atoms with Gasteiger partial charge >= 0.3 is 0 Å². The van der Waals surface area contributed by atoms with E-state index in [-0.39, 0.29) is 6.04 Å². The molecule has 3 rings (SSSR count). The van der Waals surface area contributed by atoms with Gasteiger partial charge in [-0.2, -0.15) is 5.10 Å². The Kier molecular flexibility index (Phi) is 5.91. The third-order valence-electron chi connectivity index (χ3n) is 5.03. The van der Waals surface area contributed by atoms with Gasteiger partial charge < -0.3 is 15.0 Å². The molecule has 1 aliphatic rings. The van der Waals surface area contributed by atoms with Crippen LogP contribution in [0.25, 0.3) is 0 Å². The number of methoxy groups -OCH3 is 1. The second-order valence-corrected chi connectivity index (χ2v) is 6.52. The zero-order valence-corrected chi connectivity index (χ0v) is 15.5. The molecule has 6 heteroatoms. The number of piperidine rings is 1. The van der Waals surface area contributed by atoms with Gasteiger partial charge in [0.2, 0.25) is 0 Å². The fourth-order valence-electron chi connectivity index (χ4n) is 3.54. The Morgan fingerprint density at radius 3 is 2.52 bits per heavy atom. The van der Waals surface area contributed by atoms with E-state index in [0.29, 0.717) is 6.04 Å². The van der Waals surface area contributed by atoms with Crippen molar-refractivity contribution >= 4 is 5.69 Å². The summed E-state index contributed by atoms with van der Waals surface area (Å²) in [7, 11) is 1.70. The van der Waals surface area contributed by atoms with Crippen molar-refractivity contribution < 1.29 is 4.74 Å². The van der Waals surface area contributed by atoms with Crippen LogP contribution in [0.2, 0.25) is 0 Å². The van der Waals surface area contributed by atoms with E-state index in [1.165, 1.54) is 5.69 Å². The van der Waals surface area contributed by atoms with Crippen LogP contribution in [0.3, 0.4) is 0 Å². The number of anilines is 1. The van der Waals surface area contributed by atoms with Gasteiger partial charge in [-0.15, -0.1) is 0 Å². The van der Waals surface area contributed by atoms with Crippen molar-refractivity contribution in [2.75, 3.05) is 25.1 Å². The lowest BCUT2D eigenvalue weighted by Gasteiger charge is -2.35. The van der Waals surface area contributed by atoms with Crippen molar-refractivity contribution in [3.63, 3.8) is 0 Å². The Labute approximate surface area is 150 Å². The highest BCUT2D eigenvalue weighted by Crippen LogP contribution is 2.24. The predicted molar refractivity (Wildman–Crippen MR) is 100 cm³/mol. The van der Waals surface area contributed by atoms with Crippen LogP contribution in [0.5, 0.6) is 5.75 Å². The van der Waals surface area contributed by atoms with E-state index in [1.807, 2.05) is 16.8 Å². The average molecular weight is 343 g/mol. The van der Waals surface area contributed by atoms with E-state index < -0.39 is 0 Å². The number of ether oxygens (including phenoxy) is 1. The van der Waals surface area contributed by atoms with Gasteiger partial charge in [-0.25, -0.2) is 9.67 Å². The Balaban J connectivity index is 1.56. The molecule has 1 atom stereocenters. The lowest BCUT2D eigenvalue weighted by atomic mass is 10.0. The number of nitrogens with one attached hydrogen (secondary N) is 1. The van der Waals surface area contributed by atoms with Crippen LogP contribution >= 0.6 is 0 Å². The molecule has 2 aromatic rings. The van der Waals surface area contributed by atoms with Crippen molar-refractivity contribution in [3.8, 4) is 5.75 Å². The molecule has 1 saturated heterocycles. The highest BCUT2D eigenvalue weighted by molar-refractivity contribution is 5.49. The zero-order chi connectivity index (χ0) is 17.6. The Bertz CT molecular complexity index is 646. The average Bonchev–Trinajstić information content (AvgIpc) is 3.15. The minimum Gasteiger partial charge on any atom is -0.497 e. The number of hydrogen-bond donors (Lipinski definition) is 1. The van der Waals surface area contributed by atoms with Gasteiger partial charge in [0, 0.05) is 31.4 Å². The third-order valence-corrected chi connectivity index (χ3v) is 5.03. The normalized spacial score (nSPS) is 16.8. The molecular weight excluding hydrogens is 314 g/mol. The second-order valence-electron chi connectivity index (χ2n) is 6.52. The first-order chi connectivity index (χ1) is 12.2. The molecule has 6 nitrogen and oxygen atoms in total. The number of benzene rings is 1. The van der Waals surface area contributed by atoms with Crippen molar-refractivity contribution in [1.82, 2.24) is 20.1 Å². The third kappa shape index (κ3) is 4.12. The molecule has 1 N–H and O–H groups in total.